The Kier molecular flexibility index (Phi) is 4.42. The average Bonchev–Trinajstić information content (AvgIpc) is 2.53. The lowest BCUT2D eigenvalue weighted by molar-refractivity contribution is 0.312. The molecular formula is C19H26N2. The number of pyridine rings is 1. The van der Waals surface area contributed by atoms with Gasteiger partial charge in [0.1, 0.15) is 5.82 Å². The second kappa shape index (κ2) is 6.46. The highest BCUT2D eigenvalue weighted by atomic mass is 15.0. The third-order valence-corrected chi connectivity index (χ3v) is 4.90. The molecule has 1 fully saturated rings. The van der Waals surface area contributed by atoms with Crippen molar-refractivity contribution in [2.24, 2.45) is 5.92 Å². The van der Waals surface area contributed by atoms with E-state index in [1.807, 2.05) is 0 Å². The number of fused-ring (bicyclic) bond motifs is 1. The Balaban J connectivity index is 1.83. The SMILES string of the molecule is CCC(Nc1nc2ccccc2cc1C)C1CCCCC1. The first-order valence-corrected chi connectivity index (χ1v) is 8.41. The normalized spacial score (nSPS) is 17.8. The monoisotopic (exact) mass is 282 g/mol. The molecule has 1 aromatic heterocycles. The van der Waals surface area contributed by atoms with Gasteiger partial charge in [-0.25, -0.2) is 4.98 Å². The molecule has 1 unspecified atom stereocenters. The van der Waals surface area contributed by atoms with Crippen molar-refractivity contribution in [3.63, 3.8) is 0 Å². The van der Waals surface area contributed by atoms with E-state index in [4.69, 9.17) is 4.98 Å². The number of aromatic nitrogens is 1. The van der Waals surface area contributed by atoms with Gasteiger partial charge in [0.25, 0.3) is 0 Å². The van der Waals surface area contributed by atoms with Crippen molar-refractivity contribution in [3.8, 4) is 0 Å². The smallest absolute Gasteiger partial charge is 0.129 e. The highest BCUT2D eigenvalue weighted by Crippen LogP contribution is 2.30. The van der Waals surface area contributed by atoms with E-state index >= 15 is 0 Å². The van der Waals surface area contributed by atoms with Crippen LogP contribution in [0.3, 0.4) is 0 Å². The Hall–Kier alpha value is -1.57. The lowest BCUT2D eigenvalue weighted by Crippen LogP contribution is -2.30. The fraction of sp³-hybridized carbons (Fsp3) is 0.526. The minimum absolute atomic E-state index is 0.567. The molecular weight excluding hydrogens is 256 g/mol. The molecule has 0 radical (unpaired) electrons. The Bertz CT molecular complexity index is 600. The van der Waals surface area contributed by atoms with E-state index in [-0.39, 0.29) is 0 Å². The molecule has 2 heteroatoms. The summed E-state index contributed by atoms with van der Waals surface area (Å²) in [5, 5.41) is 4.98. The summed E-state index contributed by atoms with van der Waals surface area (Å²) in [6.07, 6.45) is 8.13. The first-order valence-electron chi connectivity index (χ1n) is 8.41. The Morgan fingerprint density at radius 3 is 2.71 bits per heavy atom. The van der Waals surface area contributed by atoms with Crippen LogP contribution in [-0.4, -0.2) is 11.0 Å². The molecule has 1 N–H and O–H groups in total. The quantitative estimate of drug-likeness (QED) is 0.821. The highest BCUT2D eigenvalue weighted by Gasteiger charge is 2.22. The molecule has 0 saturated heterocycles. The highest BCUT2D eigenvalue weighted by molar-refractivity contribution is 5.81. The van der Waals surface area contributed by atoms with Gasteiger partial charge in [0.05, 0.1) is 5.52 Å². The van der Waals surface area contributed by atoms with Gasteiger partial charge < -0.3 is 5.32 Å². The second-order valence-electron chi connectivity index (χ2n) is 6.40. The van der Waals surface area contributed by atoms with Crippen LogP contribution in [0.2, 0.25) is 0 Å². The third-order valence-electron chi connectivity index (χ3n) is 4.90. The topological polar surface area (TPSA) is 24.9 Å². The molecule has 3 rings (SSSR count). The molecule has 1 heterocycles. The van der Waals surface area contributed by atoms with Crippen LogP contribution < -0.4 is 5.32 Å². The van der Waals surface area contributed by atoms with Gasteiger partial charge >= 0.3 is 0 Å². The molecule has 1 aliphatic rings. The van der Waals surface area contributed by atoms with Gasteiger partial charge in [-0.05, 0) is 49.8 Å². The molecule has 1 atom stereocenters. The summed E-state index contributed by atoms with van der Waals surface area (Å²) >= 11 is 0. The van der Waals surface area contributed by atoms with Crippen molar-refractivity contribution in [3.05, 3.63) is 35.9 Å². The maximum atomic E-state index is 4.85. The van der Waals surface area contributed by atoms with Crippen molar-refractivity contribution in [2.45, 2.75) is 58.4 Å². The van der Waals surface area contributed by atoms with Crippen LogP contribution in [0.1, 0.15) is 51.0 Å². The van der Waals surface area contributed by atoms with Crippen molar-refractivity contribution in [1.82, 2.24) is 4.98 Å². The number of nitrogens with zero attached hydrogens (tertiary/aromatic N) is 1. The Morgan fingerprint density at radius 1 is 1.19 bits per heavy atom. The summed E-state index contributed by atoms with van der Waals surface area (Å²) in [6.45, 7) is 4.46. The number of aryl methyl sites for hydroxylation is 1. The van der Waals surface area contributed by atoms with E-state index in [9.17, 15) is 0 Å². The zero-order chi connectivity index (χ0) is 14.7. The van der Waals surface area contributed by atoms with E-state index in [1.165, 1.54) is 49.5 Å². The summed E-state index contributed by atoms with van der Waals surface area (Å²) in [5.74, 6) is 1.89. The number of benzene rings is 1. The maximum absolute atomic E-state index is 4.85. The molecule has 1 aliphatic carbocycles. The largest absolute Gasteiger partial charge is 0.367 e. The van der Waals surface area contributed by atoms with E-state index < -0.39 is 0 Å². The minimum Gasteiger partial charge on any atom is -0.367 e. The van der Waals surface area contributed by atoms with E-state index in [1.54, 1.807) is 0 Å². The maximum Gasteiger partial charge on any atom is 0.129 e. The van der Waals surface area contributed by atoms with Crippen molar-refractivity contribution >= 4 is 16.7 Å². The van der Waals surface area contributed by atoms with Crippen LogP contribution in [0, 0.1) is 12.8 Å². The number of hydrogen-bond donors (Lipinski definition) is 1. The predicted octanol–water partition coefficient (Wildman–Crippen LogP) is 5.31. The van der Waals surface area contributed by atoms with Gasteiger partial charge in [-0.15, -0.1) is 0 Å². The minimum atomic E-state index is 0.567. The molecule has 0 spiro atoms. The van der Waals surface area contributed by atoms with Gasteiger partial charge in [-0.3, -0.25) is 0 Å². The molecule has 0 aliphatic heterocycles. The standard InChI is InChI=1S/C19H26N2/c1-3-17(15-9-5-4-6-10-15)20-19-14(2)13-16-11-7-8-12-18(16)21-19/h7-8,11-13,15,17H,3-6,9-10H2,1-2H3,(H,20,21). The number of rotatable bonds is 4. The van der Waals surface area contributed by atoms with Crippen LogP contribution >= 0.6 is 0 Å². The number of hydrogen-bond acceptors (Lipinski definition) is 2. The first-order chi connectivity index (χ1) is 10.3. The van der Waals surface area contributed by atoms with Gasteiger partial charge in [0, 0.05) is 11.4 Å². The van der Waals surface area contributed by atoms with Crippen molar-refractivity contribution < 1.29 is 0 Å². The lowest BCUT2D eigenvalue weighted by atomic mass is 9.83. The van der Waals surface area contributed by atoms with Gasteiger partial charge in [-0.1, -0.05) is 44.4 Å². The molecule has 21 heavy (non-hydrogen) atoms. The second-order valence-corrected chi connectivity index (χ2v) is 6.40. The summed E-state index contributed by atoms with van der Waals surface area (Å²) in [6, 6.07) is 11.2. The van der Waals surface area contributed by atoms with Crippen molar-refractivity contribution in [2.75, 3.05) is 5.32 Å². The molecule has 1 aromatic carbocycles. The van der Waals surface area contributed by atoms with E-state index in [2.05, 4.69) is 49.5 Å². The average molecular weight is 282 g/mol. The molecule has 112 valence electrons. The molecule has 2 aromatic rings. The van der Waals surface area contributed by atoms with Crippen molar-refractivity contribution in [1.29, 1.82) is 0 Å². The van der Waals surface area contributed by atoms with E-state index in [0.29, 0.717) is 6.04 Å². The lowest BCUT2D eigenvalue weighted by Gasteiger charge is -2.31. The van der Waals surface area contributed by atoms with Crippen LogP contribution in [0.5, 0.6) is 0 Å². The van der Waals surface area contributed by atoms with Gasteiger partial charge in [0.2, 0.25) is 0 Å². The zero-order valence-electron chi connectivity index (χ0n) is 13.2. The van der Waals surface area contributed by atoms with Crippen LogP contribution in [-0.2, 0) is 0 Å². The predicted molar refractivity (Wildman–Crippen MR) is 90.8 cm³/mol. The Morgan fingerprint density at radius 2 is 1.95 bits per heavy atom. The summed E-state index contributed by atoms with van der Waals surface area (Å²) in [5.41, 5.74) is 2.34. The molecule has 2 nitrogen and oxygen atoms in total. The number of anilines is 1. The fourth-order valence-corrected chi connectivity index (χ4v) is 3.63. The molecule has 0 bridgehead atoms. The summed E-state index contributed by atoms with van der Waals surface area (Å²) in [7, 11) is 0. The van der Waals surface area contributed by atoms with Crippen LogP contribution in [0.4, 0.5) is 5.82 Å². The zero-order valence-corrected chi connectivity index (χ0v) is 13.2. The van der Waals surface area contributed by atoms with Crippen LogP contribution in [0.25, 0.3) is 10.9 Å². The van der Waals surface area contributed by atoms with Gasteiger partial charge in [-0.2, -0.15) is 0 Å². The third kappa shape index (κ3) is 3.20. The number of nitrogens with one attached hydrogen (secondary N) is 1. The number of para-hydroxylation sites is 1. The fourth-order valence-electron chi connectivity index (χ4n) is 3.63. The van der Waals surface area contributed by atoms with Crippen LogP contribution in [0.15, 0.2) is 30.3 Å². The first kappa shape index (κ1) is 14.4. The van der Waals surface area contributed by atoms with E-state index in [0.717, 1.165) is 17.3 Å². The van der Waals surface area contributed by atoms with Gasteiger partial charge in [0.15, 0.2) is 0 Å². The summed E-state index contributed by atoms with van der Waals surface area (Å²) < 4.78 is 0. The molecule has 1 saturated carbocycles. The molecule has 0 amide bonds. The Labute approximate surface area is 128 Å². The summed E-state index contributed by atoms with van der Waals surface area (Å²) in [4.78, 5) is 4.85.